The van der Waals surface area contributed by atoms with Crippen LogP contribution >= 0.6 is 0 Å². The Balaban J connectivity index is 1.42. The molecule has 5 heteroatoms. The third-order valence-corrected chi connectivity index (χ3v) is 4.49. The Morgan fingerprint density at radius 3 is 2.58 bits per heavy atom. The molecule has 1 amide bonds. The highest BCUT2D eigenvalue weighted by molar-refractivity contribution is 5.88. The van der Waals surface area contributed by atoms with Gasteiger partial charge in [-0.1, -0.05) is 36.4 Å². The van der Waals surface area contributed by atoms with E-state index in [1.54, 1.807) is 4.90 Å². The monoisotopic (exact) mass is 328 g/mol. The molecule has 0 aromatic heterocycles. The second-order valence-electron chi connectivity index (χ2n) is 6.06. The first-order valence-electron chi connectivity index (χ1n) is 8.49. The zero-order chi connectivity index (χ0) is 16.8. The molecule has 0 unspecified atom stereocenters. The van der Waals surface area contributed by atoms with Crippen LogP contribution in [0.2, 0.25) is 0 Å². The zero-order valence-electron chi connectivity index (χ0n) is 13.9. The van der Waals surface area contributed by atoms with Gasteiger partial charge in [-0.3, -0.25) is 9.69 Å². The molecule has 1 heterocycles. The van der Waals surface area contributed by atoms with E-state index in [-0.39, 0.29) is 5.91 Å². The number of ether oxygens (including phenoxy) is 1. The average molecular weight is 328 g/mol. The number of benzene rings is 2. The lowest BCUT2D eigenvalue weighted by Crippen LogP contribution is -2.49. The van der Waals surface area contributed by atoms with E-state index in [9.17, 15) is 4.79 Å². The van der Waals surface area contributed by atoms with Crippen molar-refractivity contribution in [2.75, 3.05) is 45.9 Å². The number of rotatable bonds is 6. The molecule has 1 fully saturated rings. The second kappa shape index (κ2) is 8.13. The standard InChI is InChI=1S/C19H24N2O3/c22-15-19(23)21-12-10-20(11-13-21)9-4-14-24-18-8-3-6-16-5-1-2-7-17(16)18/h1-3,5-8,22H,4,9-15H2. The van der Waals surface area contributed by atoms with Crippen LogP contribution in [0, 0.1) is 0 Å². The highest BCUT2D eigenvalue weighted by Crippen LogP contribution is 2.25. The molecule has 0 radical (unpaired) electrons. The van der Waals surface area contributed by atoms with Crippen molar-refractivity contribution < 1.29 is 14.6 Å². The van der Waals surface area contributed by atoms with Crippen molar-refractivity contribution >= 4 is 16.7 Å². The van der Waals surface area contributed by atoms with Crippen molar-refractivity contribution in [3.63, 3.8) is 0 Å². The van der Waals surface area contributed by atoms with Gasteiger partial charge in [-0.15, -0.1) is 0 Å². The molecule has 2 aromatic rings. The number of carbonyl (C=O) groups is 1. The first-order chi connectivity index (χ1) is 11.8. The predicted octanol–water partition coefficient (Wildman–Crippen LogP) is 1.75. The minimum atomic E-state index is -0.390. The lowest BCUT2D eigenvalue weighted by Gasteiger charge is -2.34. The van der Waals surface area contributed by atoms with Crippen LogP contribution in [0.5, 0.6) is 5.75 Å². The van der Waals surface area contributed by atoms with E-state index in [1.807, 2.05) is 24.3 Å². The van der Waals surface area contributed by atoms with Crippen molar-refractivity contribution in [2.24, 2.45) is 0 Å². The molecule has 0 atom stereocenters. The maximum atomic E-state index is 11.4. The molecule has 1 aliphatic heterocycles. The molecule has 1 N–H and O–H groups in total. The number of aliphatic hydroxyl groups is 1. The van der Waals surface area contributed by atoms with Gasteiger partial charge in [-0.2, -0.15) is 0 Å². The molecule has 0 bridgehead atoms. The third kappa shape index (κ3) is 4.04. The van der Waals surface area contributed by atoms with E-state index >= 15 is 0 Å². The van der Waals surface area contributed by atoms with Gasteiger partial charge >= 0.3 is 0 Å². The van der Waals surface area contributed by atoms with Crippen LogP contribution in [0.25, 0.3) is 10.8 Å². The molecule has 1 aliphatic rings. The number of nitrogens with zero attached hydrogens (tertiary/aromatic N) is 2. The minimum Gasteiger partial charge on any atom is -0.493 e. The summed E-state index contributed by atoms with van der Waals surface area (Å²) in [6, 6.07) is 14.4. The van der Waals surface area contributed by atoms with Crippen LogP contribution in [0.3, 0.4) is 0 Å². The van der Waals surface area contributed by atoms with E-state index < -0.39 is 6.61 Å². The lowest BCUT2D eigenvalue weighted by molar-refractivity contribution is -0.135. The summed E-state index contributed by atoms with van der Waals surface area (Å²) < 4.78 is 5.96. The summed E-state index contributed by atoms with van der Waals surface area (Å²) >= 11 is 0. The van der Waals surface area contributed by atoms with Crippen LogP contribution in [0.15, 0.2) is 42.5 Å². The highest BCUT2D eigenvalue weighted by Gasteiger charge is 2.19. The molecular weight excluding hydrogens is 304 g/mol. The Labute approximate surface area is 142 Å². The molecular formula is C19H24N2O3. The number of carbonyl (C=O) groups excluding carboxylic acids is 1. The molecule has 1 saturated heterocycles. The van der Waals surface area contributed by atoms with Gasteiger partial charge in [0.2, 0.25) is 5.91 Å². The Morgan fingerprint density at radius 1 is 1.04 bits per heavy atom. The van der Waals surface area contributed by atoms with Gasteiger partial charge in [0.05, 0.1) is 6.61 Å². The van der Waals surface area contributed by atoms with E-state index in [1.165, 1.54) is 5.39 Å². The second-order valence-corrected chi connectivity index (χ2v) is 6.06. The van der Waals surface area contributed by atoms with Crippen molar-refractivity contribution in [1.82, 2.24) is 9.80 Å². The van der Waals surface area contributed by atoms with Crippen LogP contribution in [0.1, 0.15) is 6.42 Å². The normalized spacial score (nSPS) is 15.6. The van der Waals surface area contributed by atoms with Gasteiger partial charge in [0.15, 0.2) is 0 Å². The molecule has 2 aromatic carbocycles. The number of fused-ring (bicyclic) bond motifs is 1. The number of aliphatic hydroxyl groups excluding tert-OH is 1. The van der Waals surface area contributed by atoms with Gasteiger partial charge in [0.25, 0.3) is 0 Å². The molecule has 3 rings (SSSR count). The summed E-state index contributed by atoms with van der Waals surface area (Å²) in [5.74, 6) is 0.764. The van der Waals surface area contributed by atoms with E-state index in [0.29, 0.717) is 19.7 Å². The Morgan fingerprint density at radius 2 is 1.79 bits per heavy atom. The van der Waals surface area contributed by atoms with Crippen LogP contribution in [0.4, 0.5) is 0 Å². The predicted molar refractivity (Wildman–Crippen MR) is 94.2 cm³/mol. The maximum Gasteiger partial charge on any atom is 0.248 e. The lowest BCUT2D eigenvalue weighted by atomic mass is 10.1. The third-order valence-electron chi connectivity index (χ3n) is 4.49. The van der Waals surface area contributed by atoms with Gasteiger partial charge in [-0.25, -0.2) is 0 Å². The number of piperazine rings is 1. The van der Waals surface area contributed by atoms with Gasteiger partial charge < -0.3 is 14.7 Å². The fraction of sp³-hybridized carbons (Fsp3) is 0.421. The SMILES string of the molecule is O=C(CO)N1CCN(CCCOc2cccc3ccccc23)CC1. The molecule has 5 nitrogen and oxygen atoms in total. The Kier molecular flexibility index (Phi) is 5.67. The Bertz CT molecular complexity index is 676. The largest absolute Gasteiger partial charge is 0.493 e. The van der Waals surface area contributed by atoms with Crippen LogP contribution < -0.4 is 4.74 Å². The van der Waals surface area contributed by atoms with E-state index in [4.69, 9.17) is 9.84 Å². The van der Waals surface area contributed by atoms with Gasteiger partial charge in [-0.05, 0) is 17.9 Å². The van der Waals surface area contributed by atoms with Crippen molar-refractivity contribution in [1.29, 1.82) is 0 Å². The number of hydrogen-bond acceptors (Lipinski definition) is 4. The smallest absolute Gasteiger partial charge is 0.248 e. The summed E-state index contributed by atoms with van der Waals surface area (Å²) in [7, 11) is 0. The fourth-order valence-corrected chi connectivity index (χ4v) is 3.11. The molecule has 0 saturated carbocycles. The first-order valence-corrected chi connectivity index (χ1v) is 8.49. The van der Waals surface area contributed by atoms with Crippen molar-refractivity contribution in [2.45, 2.75) is 6.42 Å². The average Bonchev–Trinajstić information content (AvgIpc) is 2.65. The highest BCUT2D eigenvalue weighted by atomic mass is 16.5. The van der Waals surface area contributed by atoms with E-state index in [0.717, 1.165) is 37.2 Å². The first kappa shape index (κ1) is 16.7. The molecule has 0 spiro atoms. The summed E-state index contributed by atoms with van der Waals surface area (Å²) in [6.07, 6.45) is 0.956. The van der Waals surface area contributed by atoms with Crippen LogP contribution in [-0.2, 0) is 4.79 Å². The molecule has 24 heavy (non-hydrogen) atoms. The van der Waals surface area contributed by atoms with Crippen molar-refractivity contribution in [3.8, 4) is 5.75 Å². The topological polar surface area (TPSA) is 53.0 Å². The summed E-state index contributed by atoms with van der Waals surface area (Å²) in [4.78, 5) is 15.5. The van der Waals surface area contributed by atoms with Gasteiger partial charge in [0.1, 0.15) is 12.4 Å². The Hall–Kier alpha value is -2.11. The minimum absolute atomic E-state index is 0.172. The summed E-state index contributed by atoms with van der Waals surface area (Å²) in [5, 5.41) is 11.2. The van der Waals surface area contributed by atoms with Crippen LogP contribution in [-0.4, -0.2) is 66.8 Å². The van der Waals surface area contributed by atoms with E-state index in [2.05, 4.69) is 23.1 Å². The summed E-state index contributed by atoms with van der Waals surface area (Å²) in [6.45, 7) is 4.38. The summed E-state index contributed by atoms with van der Waals surface area (Å²) in [5.41, 5.74) is 0. The molecule has 0 aliphatic carbocycles. The zero-order valence-corrected chi connectivity index (χ0v) is 13.9. The fourth-order valence-electron chi connectivity index (χ4n) is 3.11. The number of amides is 1. The molecule has 128 valence electrons. The van der Waals surface area contributed by atoms with Gasteiger partial charge in [0, 0.05) is 38.1 Å². The number of hydrogen-bond donors (Lipinski definition) is 1. The quantitative estimate of drug-likeness (QED) is 0.821. The maximum absolute atomic E-state index is 11.4. The van der Waals surface area contributed by atoms with Crippen molar-refractivity contribution in [3.05, 3.63) is 42.5 Å².